The van der Waals surface area contributed by atoms with Crippen molar-refractivity contribution >= 4 is 17.2 Å². The third-order valence-electron chi connectivity index (χ3n) is 6.23. The highest BCUT2D eigenvalue weighted by atomic mass is 16.1. The highest BCUT2D eigenvalue weighted by Gasteiger charge is 2.22. The normalized spacial score (nSPS) is 14.6. The molecule has 1 aliphatic rings. The molecule has 1 aliphatic carbocycles. The first-order valence-electron chi connectivity index (χ1n) is 10.9. The van der Waals surface area contributed by atoms with Gasteiger partial charge in [-0.05, 0) is 49.1 Å². The summed E-state index contributed by atoms with van der Waals surface area (Å²) < 4.78 is 4.24. The second kappa shape index (κ2) is 7.90. The maximum Gasteiger partial charge on any atom is 0.124 e. The van der Waals surface area contributed by atoms with Gasteiger partial charge in [-0.3, -0.25) is 4.68 Å². The van der Waals surface area contributed by atoms with Crippen LogP contribution in [0.25, 0.3) is 27.8 Å². The lowest BCUT2D eigenvalue weighted by Crippen LogP contribution is -2.06. The van der Waals surface area contributed by atoms with E-state index >= 15 is 0 Å². The second-order valence-electron chi connectivity index (χ2n) is 8.08. The van der Waals surface area contributed by atoms with E-state index in [0.717, 1.165) is 35.2 Å². The van der Waals surface area contributed by atoms with E-state index in [1.54, 1.807) is 0 Å². The smallest absolute Gasteiger partial charge is 0.124 e. The fraction of sp³-hybridized carbons (Fsp3) is 0.320. The monoisotopic (exact) mass is 398 g/mol. The molecule has 0 amide bonds. The number of aryl methyl sites for hydroxylation is 1. The molecule has 0 spiro atoms. The molecule has 0 bridgehead atoms. The molecule has 30 heavy (non-hydrogen) atoms. The molecule has 0 saturated heterocycles. The Morgan fingerprint density at radius 2 is 1.87 bits per heavy atom. The van der Waals surface area contributed by atoms with Crippen molar-refractivity contribution in [3.05, 3.63) is 66.0 Å². The van der Waals surface area contributed by atoms with Crippen LogP contribution < -0.4 is 0 Å². The van der Waals surface area contributed by atoms with E-state index in [0.29, 0.717) is 12.5 Å². The lowest BCUT2D eigenvalue weighted by Gasteiger charge is -2.12. The zero-order valence-electron chi connectivity index (χ0n) is 17.3. The Kier molecular flexibility index (Phi) is 4.95. The first kappa shape index (κ1) is 18.8. The van der Waals surface area contributed by atoms with E-state index in [-0.39, 0.29) is 0 Å². The second-order valence-corrected chi connectivity index (χ2v) is 8.08. The van der Waals surface area contributed by atoms with Crippen molar-refractivity contribution in [1.82, 2.24) is 19.6 Å². The summed E-state index contributed by atoms with van der Waals surface area (Å²) in [7, 11) is 0. The summed E-state index contributed by atoms with van der Waals surface area (Å²) in [5, 5.41) is 10.8. The summed E-state index contributed by atoms with van der Waals surface area (Å²) >= 11 is 0. The van der Waals surface area contributed by atoms with Gasteiger partial charge in [0.1, 0.15) is 6.29 Å². The molecule has 5 rings (SSSR count). The van der Waals surface area contributed by atoms with Crippen molar-refractivity contribution in [1.29, 1.82) is 0 Å². The van der Waals surface area contributed by atoms with Gasteiger partial charge in [-0.25, -0.2) is 4.68 Å². The minimum Gasteiger partial charge on any atom is -0.303 e. The van der Waals surface area contributed by atoms with E-state index in [9.17, 15) is 4.79 Å². The van der Waals surface area contributed by atoms with E-state index in [4.69, 9.17) is 5.10 Å². The summed E-state index contributed by atoms with van der Waals surface area (Å²) in [4.78, 5) is 10.8. The Hall–Kier alpha value is -3.21. The molecule has 2 heterocycles. The Labute approximate surface area is 176 Å². The number of nitrogens with zero attached hydrogens (tertiary/aromatic N) is 4. The number of aromatic nitrogens is 4. The molecule has 0 radical (unpaired) electrons. The summed E-state index contributed by atoms with van der Waals surface area (Å²) in [6.07, 6.45) is 9.17. The van der Waals surface area contributed by atoms with Crippen molar-refractivity contribution in [2.24, 2.45) is 0 Å². The Bertz CT molecular complexity index is 1180. The van der Waals surface area contributed by atoms with Gasteiger partial charge >= 0.3 is 0 Å². The summed E-state index contributed by atoms with van der Waals surface area (Å²) in [5.74, 6) is 0. The quantitative estimate of drug-likeness (QED) is 0.414. The fourth-order valence-electron chi connectivity index (χ4n) is 4.65. The summed E-state index contributed by atoms with van der Waals surface area (Å²) in [5.41, 5.74) is 6.60. The van der Waals surface area contributed by atoms with E-state index in [1.165, 1.54) is 42.3 Å². The minimum atomic E-state index is 0.438. The number of aldehydes is 1. The van der Waals surface area contributed by atoms with Gasteiger partial charge in [-0.1, -0.05) is 44.0 Å². The zero-order valence-corrected chi connectivity index (χ0v) is 17.3. The van der Waals surface area contributed by atoms with Crippen LogP contribution in [-0.4, -0.2) is 25.8 Å². The van der Waals surface area contributed by atoms with Crippen LogP contribution >= 0.6 is 0 Å². The predicted molar refractivity (Wildman–Crippen MR) is 119 cm³/mol. The number of carbonyl (C=O) groups is 1. The zero-order chi connectivity index (χ0) is 20.5. The maximum absolute atomic E-state index is 10.8. The van der Waals surface area contributed by atoms with Gasteiger partial charge in [0.25, 0.3) is 0 Å². The molecule has 1 fully saturated rings. The minimum absolute atomic E-state index is 0.438. The summed E-state index contributed by atoms with van der Waals surface area (Å²) in [6, 6.07) is 17.2. The molecule has 0 unspecified atom stereocenters. The van der Waals surface area contributed by atoms with Crippen LogP contribution in [0.2, 0.25) is 0 Å². The number of hydrogen-bond donors (Lipinski definition) is 0. The first-order valence-corrected chi connectivity index (χ1v) is 10.9. The van der Waals surface area contributed by atoms with Crippen molar-refractivity contribution in [2.75, 3.05) is 0 Å². The molecular formula is C25H26N4O. The standard InChI is InChI=1S/C25H26N4O/c1-2-23-22-12-9-19(17-25(22)29(27-23)20-5-3-4-6-20)24-13-15-26-28(24)21-10-7-18(8-11-21)14-16-30/h7-13,15-17,20H,2-6,14H2,1H3. The molecule has 4 aromatic rings. The maximum atomic E-state index is 10.8. The molecule has 2 aromatic heterocycles. The van der Waals surface area contributed by atoms with Gasteiger partial charge in [0.15, 0.2) is 0 Å². The highest BCUT2D eigenvalue weighted by Crippen LogP contribution is 2.35. The van der Waals surface area contributed by atoms with Gasteiger partial charge in [-0.2, -0.15) is 10.2 Å². The van der Waals surface area contributed by atoms with Crippen LogP contribution in [0.3, 0.4) is 0 Å². The number of rotatable bonds is 6. The molecule has 2 aromatic carbocycles. The van der Waals surface area contributed by atoms with Crippen molar-refractivity contribution in [3.63, 3.8) is 0 Å². The molecule has 1 saturated carbocycles. The van der Waals surface area contributed by atoms with Crippen LogP contribution in [-0.2, 0) is 17.6 Å². The van der Waals surface area contributed by atoms with Gasteiger partial charge in [0.05, 0.1) is 34.8 Å². The van der Waals surface area contributed by atoms with Crippen molar-refractivity contribution < 1.29 is 4.79 Å². The molecule has 5 nitrogen and oxygen atoms in total. The first-order chi connectivity index (χ1) is 14.8. The lowest BCUT2D eigenvalue weighted by atomic mass is 10.1. The van der Waals surface area contributed by atoms with Crippen LogP contribution in [0.5, 0.6) is 0 Å². The third-order valence-corrected chi connectivity index (χ3v) is 6.23. The predicted octanol–water partition coefficient (Wildman–Crippen LogP) is 5.31. The van der Waals surface area contributed by atoms with E-state index in [2.05, 4.69) is 41.0 Å². The molecule has 5 heteroatoms. The van der Waals surface area contributed by atoms with Crippen LogP contribution in [0.1, 0.15) is 49.9 Å². The van der Waals surface area contributed by atoms with E-state index in [1.807, 2.05) is 35.1 Å². The number of benzene rings is 2. The Morgan fingerprint density at radius 3 is 2.60 bits per heavy atom. The number of fused-ring (bicyclic) bond motifs is 1. The van der Waals surface area contributed by atoms with Crippen LogP contribution in [0, 0.1) is 0 Å². The Balaban J connectivity index is 1.58. The average molecular weight is 399 g/mol. The largest absolute Gasteiger partial charge is 0.303 e. The third kappa shape index (κ3) is 3.24. The van der Waals surface area contributed by atoms with Gasteiger partial charge in [0.2, 0.25) is 0 Å². The average Bonchev–Trinajstić information content (AvgIpc) is 3.53. The Morgan fingerprint density at radius 1 is 1.07 bits per heavy atom. The van der Waals surface area contributed by atoms with E-state index < -0.39 is 0 Å². The SMILES string of the molecule is CCc1nn(C2CCCC2)c2cc(-c3ccnn3-c3ccc(CC=O)cc3)ccc12. The summed E-state index contributed by atoms with van der Waals surface area (Å²) in [6.45, 7) is 2.18. The lowest BCUT2D eigenvalue weighted by molar-refractivity contribution is -0.107. The molecule has 0 N–H and O–H groups in total. The molecule has 0 aliphatic heterocycles. The van der Waals surface area contributed by atoms with Crippen molar-refractivity contribution in [3.8, 4) is 16.9 Å². The van der Waals surface area contributed by atoms with Crippen molar-refractivity contribution in [2.45, 2.75) is 51.5 Å². The van der Waals surface area contributed by atoms with Gasteiger partial charge in [-0.15, -0.1) is 0 Å². The number of hydrogen-bond acceptors (Lipinski definition) is 3. The highest BCUT2D eigenvalue weighted by molar-refractivity contribution is 5.86. The molecule has 152 valence electrons. The number of carbonyl (C=O) groups excluding carboxylic acids is 1. The molecular weight excluding hydrogens is 372 g/mol. The van der Waals surface area contributed by atoms with Crippen LogP contribution in [0.4, 0.5) is 0 Å². The van der Waals surface area contributed by atoms with Gasteiger partial charge in [0, 0.05) is 17.4 Å². The topological polar surface area (TPSA) is 52.7 Å². The van der Waals surface area contributed by atoms with Gasteiger partial charge < -0.3 is 4.79 Å². The molecule has 0 atom stereocenters. The fourth-order valence-corrected chi connectivity index (χ4v) is 4.65. The van der Waals surface area contributed by atoms with Crippen LogP contribution in [0.15, 0.2) is 54.7 Å².